The molecule has 0 unspecified atom stereocenters. The van der Waals surface area contributed by atoms with Gasteiger partial charge in [0.2, 0.25) is 0 Å². The lowest BCUT2D eigenvalue weighted by Crippen LogP contribution is -2.48. The van der Waals surface area contributed by atoms with Gasteiger partial charge in [0, 0.05) is 17.4 Å². The fourth-order valence-corrected chi connectivity index (χ4v) is 4.52. The lowest BCUT2D eigenvalue weighted by molar-refractivity contribution is -0.0657. The van der Waals surface area contributed by atoms with E-state index >= 15 is 0 Å². The molecule has 1 aliphatic rings. The van der Waals surface area contributed by atoms with E-state index in [1.54, 1.807) is 4.90 Å². The number of ether oxygens (including phenoxy) is 1. The largest absolute Gasteiger partial charge is 0.438 e. The zero-order valence-corrected chi connectivity index (χ0v) is 18.5. The first-order valence-electron chi connectivity index (χ1n) is 9.46. The SMILES string of the molecule is C[C@@H](c1ccc(Br)cc1)N1CC[C@@](CCCS(=O)(=O)O)(c2ccccc2)OC1=O. The Morgan fingerprint density at radius 2 is 1.83 bits per heavy atom. The molecule has 2 aromatic carbocycles. The Hall–Kier alpha value is -1.90. The zero-order valence-electron chi connectivity index (χ0n) is 16.1. The van der Waals surface area contributed by atoms with Gasteiger partial charge in [0.05, 0.1) is 11.8 Å². The summed E-state index contributed by atoms with van der Waals surface area (Å²) in [5.41, 5.74) is 0.933. The maximum Gasteiger partial charge on any atom is 0.411 e. The number of nitrogens with zero attached hydrogens (tertiary/aromatic N) is 1. The van der Waals surface area contributed by atoms with E-state index in [0.717, 1.165) is 15.6 Å². The second-order valence-corrected chi connectivity index (χ2v) is 9.78. The van der Waals surface area contributed by atoms with Crippen LogP contribution in [0.4, 0.5) is 4.79 Å². The van der Waals surface area contributed by atoms with Gasteiger partial charge in [-0.1, -0.05) is 58.4 Å². The van der Waals surface area contributed by atoms with Crippen LogP contribution < -0.4 is 0 Å². The monoisotopic (exact) mass is 481 g/mol. The average Bonchev–Trinajstić information content (AvgIpc) is 2.68. The summed E-state index contributed by atoms with van der Waals surface area (Å²) in [5, 5.41) is 0. The van der Waals surface area contributed by atoms with Crippen molar-refractivity contribution in [2.75, 3.05) is 12.3 Å². The van der Waals surface area contributed by atoms with Gasteiger partial charge in [-0.3, -0.25) is 4.55 Å². The van der Waals surface area contributed by atoms with Crippen LogP contribution in [0.1, 0.15) is 43.4 Å². The van der Waals surface area contributed by atoms with Crippen LogP contribution in [-0.2, 0) is 20.5 Å². The highest BCUT2D eigenvalue weighted by molar-refractivity contribution is 9.10. The van der Waals surface area contributed by atoms with Crippen LogP contribution in [0.3, 0.4) is 0 Å². The minimum atomic E-state index is -4.07. The quantitative estimate of drug-likeness (QED) is 0.567. The van der Waals surface area contributed by atoms with E-state index in [4.69, 9.17) is 9.29 Å². The first-order chi connectivity index (χ1) is 13.7. The summed E-state index contributed by atoms with van der Waals surface area (Å²) in [7, 11) is -4.07. The molecule has 0 spiro atoms. The first-order valence-corrected chi connectivity index (χ1v) is 11.9. The molecule has 0 bridgehead atoms. The van der Waals surface area contributed by atoms with Crippen LogP contribution in [0.5, 0.6) is 0 Å². The van der Waals surface area contributed by atoms with Gasteiger partial charge in [-0.05, 0) is 43.0 Å². The van der Waals surface area contributed by atoms with Crippen molar-refractivity contribution < 1.29 is 22.5 Å². The van der Waals surface area contributed by atoms with E-state index in [0.29, 0.717) is 19.4 Å². The number of cyclic esters (lactones) is 1. The van der Waals surface area contributed by atoms with E-state index in [9.17, 15) is 13.2 Å². The van der Waals surface area contributed by atoms with Gasteiger partial charge in [-0.2, -0.15) is 8.42 Å². The molecule has 0 radical (unpaired) electrons. The van der Waals surface area contributed by atoms with E-state index in [1.165, 1.54) is 0 Å². The van der Waals surface area contributed by atoms with Gasteiger partial charge < -0.3 is 9.64 Å². The summed E-state index contributed by atoms with van der Waals surface area (Å²) >= 11 is 3.42. The summed E-state index contributed by atoms with van der Waals surface area (Å²) in [6.45, 7) is 2.44. The summed E-state index contributed by atoms with van der Waals surface area (Å²) < 4.78 is 38.3. The van der Waals surface area contributed by atoms with Gasteiger partial charge in [-0.15, -0.1) is 0 Å². The predicted octanol–water partition coefficient (Wildman–Crippen LogP) is 4.92. The molecule has 2 atom stereocenters. The normalized spacial score (nSPS) is 20.9. The molecule has 6 nitrogen and oxygen atoms in total. The third kappa shape index (κ3) is 5.38. The molecule has 1 saturated heterocycles. The van der Waals surface area contributed by atoms with Gasteiger partial charge in [-0.25, -0.2) is 4.79 Å². The average molecular weight is 482 g/mol. The minimum absolute atomic E-state index is 0.151. The van der Waals surface area contributed by atoms with Gasteiger partial charge >= 0.3 is 6.09 Å². The summed E-state index contributed by atoms with van der Waals surface area (Å²) in [6, 6.07) is 17.0. The molecule has 8 heteroatoms. The van der Waals surface area contributed by atoms with Crippen molar-refractivity contribution in [2.24, 2.45) is 0 Å². The van der Waals surface area contributed by atoms with E-state index in [1.807, 2.05) is 61.5 Å². The number of benzene rings is 2. The van der Waals surface area contributed by atoms with Crippen LogP contribution >= 0.6 is 15.9 Å². The first kappa shape index (κ1) is 21.8. The molecular formula is C21H24BrNO5S. The molecule has 1 heterocycles. The van der Waals surface area contributed by atoms with Crippen LogP contribution in [0.25, 0.3) is 0 Å². The highest BCUT2D eigenvalue weighted by Crippen LogP contribution is 2.40. The molecular weight excluding hydrogens is 458 g/mol. The van der Waals surface area contributed by atoms with Crippen molar-refractivity contribution in [3.8, 4) is 0 Å². The number of hydrogen-bond acceptors (Lipinski definition) is 4. The van der Waals surface area contributed by atoms with Gasteiger partial charge in [0.1, 0.15) is 5.60 Å². The Bertz CT molecular complexity index is 949. The van der Waals surface area contributed by atoms with Crippen LogP contribution in [-0.4, -0.2) is 36.3 Å². The fourth-order valence-electron chi connectivity index (χ4n) is 3.75. The molecule has 1 aliphatic heterocycles. The van der Waals surface area contributed by atoms with Crippen LogP contribution in [0, 0.1) is 0 Å². The minimum Gasteiger partial charge on any atom is -0.438 e. The molecule has 0 saturated carbocycles. The highest BCUT2D eigenvalue weighted by Gasteiger charge is 2.43. The molecule has 1 fully saturated rings. The molecule has 0 aliphatic carbocycles. The van der Waals surface area contributed by atoms with Crippen molar-refractivity contribution in [2.45, 2.75) is 37.8 Å². The second kappa shape index (κ2) is 8.85. The van der Waals surface area contributed by atoms with Gasteiger partial charge in [0.15, 0.2) is 0 Å². The van der Waals surface area contributed by atoms with Crippen molar-refractivity contribution in [1.82, 2.24) is 4.90 Å². The van der Waals surface area contributed by atoms with E-state index in [-0.39, 0.29) is 18.2 Å². The maximum absolute atomic E-state index is 13.0. The van der Waals surface area contributed by atoms with Crippen LogP contribution in [0.15, 0.2) is 59.1 Å². The van der Waals surface area contributed by atoms with Gasteiger partial charge in [0.25, 0.3) is 10.1 Å². The summed E-state index contributed by atoms with van der Waals surface area (Å²) in [4.78, 5) is 14.6. The Morgan fingerprint density at radius 3 is 2.41 bits per heavy atom. The smallest absolute Gasteiger partial charge is 0.411 e. The molecule has 156 valence electrons. The Kier molecular flexibility index (Phi) is 6.65. The number of amides is 1. The van der Waals surface area contributed by atoms with Crippen molar-refractivity contribution >= 4 is 32.1 Å². The topological polar surface area (TPSA) is 83.9 Å². The Labute approximate surface area is 179 Å². The molecule has 29 heavy (non-hydrogen) atoms. The van der Waals surface area contributed by atoms with Crippen molar-refractivity contribution in [1.29, 1.82) is 0 Å². The number of carbonyl (C=O) groups excluding carboxylic acids is 1. The molecule has 1 amide bonds. The maximum atomic E-state index is 13.0. The molecule has 2 aromatic rings. The lowest BCUT2D eigenvalue weighted by Gasteiger charge is -2.43. The molecule has 1 N–H and O–H groups in total. The lowest BCUT2D eigenvalue weighted by atomic mass is 9.84. The van der Waals surface area contributed by atoms with Crippen LogP contribution in [0.2, 0.25) is 0 Å². The number of rotatable bonds is 7. The number of halogens is 1. The fraction of sp³-hybridized carbons (Fsp3) is 0.381. The third-order valence-corrected chi connectivity index (χ3v) is 6.71. The predicted molar refractivity (Wildman–Crippen MR) is 114 cm³/mol. The zero-order chi connectivity index (χ0) is 21.1. The molecule has 3 rings (SSSR count). The standard InChI is InChI=1S/C21H24BrNO5S/c1-16(17-8-10-19(22)11-9-17)23-14-13-21(28-20(23)24,12-5-15-29(25,26)27)18-6-3-2-4-7-18/h2-4,6-11,16H,5,12-15H2,1H3,(H,25,26,27)/t16-,21-/m0/s1. The Balaban J connectivity index is 1.80. The summed E-state index contributed by atoms with van der Waals surface area (Å²) in [5.74, 6) is -0.363. The number of carbonyl (C=O) groups is 1. The van der Waals surface area contributed by atoms with Crippen molar-refractivity contribution in [3.05, 3.63) is 70.2 Å². The second-order valence-electron chi connectivity index (χ2n) is 7.29. The summed E-state index contributed by atoms with van der Waals surface area (Å²) in [6.07, 6.45) is 0.629. The highest BCUT2D eigenvalue weighted by atomic mass is 79.9. The van der Waals surface area contributed by atoms with E-state index in [2.05, 4.69) is 15.9 Å². The third-order valence-electron chi connectivity index (χ3n) is 5.38. The van der Waals surface area contributed by atoms with E-state index < -0.39 is 21.8 Å². The molecule has 0 aromatic heterocycles. The Morgan fingerprint density at radius 1 is 1.17 bits per heavy atom. The van der Waals surface area contributed by atoms with Crippen molar-refractivity contribution in [3.63, 3.8) is 0 Å². The number of hydrogen-bond donors (Lipinski definition) is 1.